The number of nitrogens with one attached hydrogen (secondary N) is 2. The van der Waals surface area contributed by atoms with Crippen molar-refractivity contribution in [2.75, 3.05) is 11.6 Å². The van der Waals surface area contributed by atoms with Gasteiger partial charge in [-0.05, 0) is 37.3 Å². The molecule has 2 amide bonds. The third kappa shape index (κ3) is 3.86. The second kappa shape index (κ2) is 6.95. The summed E-state index contributed by atoms with van der Waals surface area (Å²) < 4.78 is 13.6. The monoisotopic (exact) mass is 298 g/mol. The lowest BCUT2D eigenvalue weighted by Crippen LogP contribution is -2.46. The normalized spacial score (nSPS) is 22.4. The van der Waals surface area contributed by atoms with Gasteiger partial charge in [0.15, 0.2) is 0 Å². The lowest BCUT2D eigenvalue weighted by molar-refractivity contribution is 0.0955. The predicted octanol–water partition coefficient (Wildman–Crippen LogP) is 2.97. The van der Waals surface area contributed by atoms with Crippen molar-refractivity contribution in [2.24, 2.45) is 0 Å². The summed E-state index contributed by atoms with van der Waals surface area (Å²) in [6.07, 6.45) is 4.77. The van der Waals surface area contributed by atoms with E-state index in [2.05, 4.69) is 10.6 Å². The van der Waals surface area contributed by atoms with E-state index in [0.29, 0.717) is 17.0 Å². The minimum atomic E-state index is -0.495. The summed E-state index contributed by atoms with van der Waals surface area (Å²) in [6, 6.07) is 3.95. The Kier molecular flexibility index (Phi) is 5.25. The maximum atomic E-state index is 13.6. The van der Waals surface area contributed by atoms with Crippen LogP contribution in [-0.4, -0.2) is 29.5 Å². The fourth-order valence-electron chi connectivity index (χ4n) is 2.36. The van der Waals surface area contributed by atoms with Crippen LogP contribution in [0.25, 0.3) is 0 Å². The van der Waals surface area contributed by atoms with Crippen LogP contribution in [0, 0.1) is 5.82 Å². The Labute approximate surface area is 122 Å². The van der Waals surface area contributed by atoms with Gasteiger partial charge in [0, 0.05) is 10.6 Å². The molecule has 1 saturated carbocycles. The van der Waals surface area contributed by atoms with Gasteiger partial charge in [0.25, 0.3) is 0 Å². The maximum Gasteiger partial charge on any atom is 0.319 e. The number of anilines is 1. The van der Waals surface area contributed by atoms with E-state index in [0.717, 1.165) is 19.3 Å². The van der Waals surface area contributed by atoms with Gasteiger partial charge >= 0.3 is 6.03 Å². The molecule has 110 valence electrons. The van der Waals surface area contributed by atoms with E-state index in [1.807, 2.05) is 0 Å². The molecule has 1 aliphatic rings. The Bertz CT molecular complexity index is 484. The number of thioether (sulfide) groups is 1. The number of benzene rings is 1. The van der Waals surface area contributed by atoms with Crippen LogP contribution in [-0.2, 0) is 0 Å². The Balaban J connectivity index is 1.92. The van der Waals surface area contributed by atoms with E-state index in [-0.39, 0.29) is 11.9 Å². The highest BCUT2D eigenvalue weighted by atomic mass is 32.2. The second-order valence-corrected chi connectivity index (χ2v) is 5.75. The minimum Gasteiger partial charge on any atom is -0.391 e. The van der Waals surface area contributed by atoms with Crippen LogP contribution in [0.1, 0.15) is 25.7 Å². The molecule has 2 unspecified atom stereocenters. The molecule has 0 radical (unpaired) electrons. The molecule has 0 heterocycles. The van der Waals surface area contributed by atoms with Gasteiger partial charge in [-0.25, -0.2) is 9.18 Å². The molecule has 0 spiro atoms. The molecule has 0 bridgehead atoms. The van der Waals surface area contributed by atoms with Gasteiger partial charge in [0.1, 0.15) is 5.82 Å². The molecule has 0 saturated heterocycles. The summed E-state index contributed by atoms with van der Waals surface area (Å²) in [5.74, 6) is -0.354. The predicted molar refractivity (Wildman–Crippen MR) is 78.6 cm³/mol. The largest absolute Gasteiger partial charge is 0.391 e. The molecule has 20 heavy (non-hydrogen) atoms. The molecular weight excluding hydrogens is 279 g/mol. The lowest BCUT2D eigenvalue weighted by atomic mass is 9.93. The Morgan fingerprint density at radius 3 is 2.80 bits per heavy atom. The minimum absolute atomic E-state index is 0.223. The first-order chi connectivity index (χ1) is 9.60. The van der Waals surface area contributed by atoms with E-state index in [1.54, 1.807) is 18.4 Å². The van der Waals surface area contributed by atoms with Crippen molar-refractivity contribution in [3.63, 3.8) is 0 Å². The van der Waals surface area contributed by atoms with Crippen molar-refractivity contribution < 1.29 is 14.3 Å². The van der Waals surface area contributed by atoms with Gasteiger partial charge in [-0.2, -0.15) is 0 Å². The van der Waals surface area contributed by atoms with Crippen LogP contribution < -0.4 is 10.6 Å². The van der Waals surface area contributed by atoms with Crippen LogP contribution in [0.2, 0.25) is 0 Å². The van der Waals surface area contributed by atoms with Crippen molar-refractivity contribution in [2.45, 2.75) is 42.7 Å². The zero-order valence-corrected chi connectivity index (χ0v) is 12.2. The number of amides is 2. The van der Waals surface area contributed by atoms with Gasteiger partial charge in [-0.1, -0.05) is 12.8 Å². The molecule has 3 N–H and O–H groups in total. The molecule has 0 aromatic heterocycles. The lowest BCUT2D eigenvalue weighted by Gasteiger charge is -2.28. The molecule has 6 heteroatoms. The molecule has 1 fully saturated rings. The number of aliphatic hydroxyl groups is 1. The molecular formula is C14H19FN2O2S. The van der Waals surface area contributed by atoms with E-state index < -0.39 is 12.1 Å². The summed E-state index contributed by atoms with van der Waals surface area (Å²) >= 11 is 1.32. The highest BCUT2D eigenvalue weighted by molar-refractivity contribution is 7.98. The summed E-state index contributed by atoms with van der Waals surface area (Å²) in [6.45, 7) is 0. The van der Waals surface area contributed by atoms with Crippen molar-refractivity contribution in [3.8, 4) is 0 Å². The van der Waals surface area contributed by atoms with E-state index in [9.17, 15) is 14.3 Å². The Morgan fingerprint density at radius 2 is 2.15 bits per heavy atom. The molecule has 2 rings (SSSR count). The number of carbonyl (C=O) groups is 1. The van der Waals surface area contributed by atoms with Crippen LogP contribution in [0.15, 0.2) is 23.1 Å². The number of aliphatic hydroxyl groups excluding tert-OH is 1. The molecule has 2 atom stereocenters. The smallest absolute Gasteiger partial charge is 0.319 e. The SMILES string of the molecule is CSc1ccc(NC(=O)NC2CCCCC2O)cc1F. The zero-order valence-electron chi connectivity index (χ0n) is 11.4. The number of urea groups is 1. The number of hydrogen-bond acceptors (Lipinski definition) is 3. The first kappa shape index (κ1) is 15.1. The van der Waals surface area contributed by atoms with Crippen molar-refractivity contribution in [1.82, 2.24) is 5.32 Å². The molecule has 1 aliphatic carbocycles. The summed E-state index contributed by atoms with van der Waals surface area (Å²) in [5, 5.41) is 15.1. The molecule has 0 aliphatic heterocycles. The second-order valence-electron chi connectivity index (χ2n) is 4.91. The van der Waals surface area contributed by atoms with Gasteiger partial charge in [0.05, 0.1) is 12.1 Å². The fraction of sp³-hybridized carbons (Fsp3) is 0.500. The number of carbonyl (C=O) groups excluding carboxylic acids is 1. The number of halogens is 1. The highest BCUT2D eigenvalue weighted by Crippen LogP contribution is 2.22. The third-order valence-electron chi connectivity index (χ3n) is 3.46. The maximum absolute atomic E-state index is 13.6. The van der Waals surface area contributed by atoms with Gasteiger partial charge in [-0.3, -0.25) is 0 Å². The Morgan fingerprint density at radius 1 is 1.40 bits per heavy atom. The van der Waals surface area contributed by atoms with Crippen LogP contribution in [0.3, 0.4) is 0 Å². The van der Waals surface area contributed by atoms with E-state index >= 15 is 0 Å². The van der Waals surface area contributed by atoms with E-state index in [1.165, 1.54) is 17.8 Å². The van der Waals surface area contributed by atoms with Crippen LogP contribution in [0.5, 0.6) is 0 Å². The summed E-state index contributed by atoms with van der Waals surface area (Å²) in [4.78, 5) is 12.4. The van der Waals surface area contributed by atoms with Crippen LogP contribution >= 0.6 is 11.8 Å². The zero-order chi connectivity index (χ0) is 14.5. The first-order valence-corrected chi connectivity index (χ1v) is 7.91. The van der Waals surface area contributed by atoms with Crippen molar-refractivity contribution in [1.29, 1.82) is 0 Å². The standard InChI is InChI=1S/C14H19FN2O2S/c1-20-13-7-6-9(8-10(13)15)16-14(19)17-11-4-2-3-5-12(11)18/h6-8,11-12,18H,2-5H2,1H3,(H2,16,17,19). The van der Waals surface area contributed by atoms with Crippen molar-refractivity contribution in [3.05, 3.63) is 24.0 Å². The average Bonchev–Trinajstić information content (AvgIpc) is 2.41. The van der Waals surface area contributed by atoms with Gasteiger partial charge < -0.3 is 15.7 Å². The summed E-state index contributed by atoms with van der Waals surface area (Å²) in [7, 11) is 0. The highest BCUT2D eigenvalue weighted by Gasteiger charge is 2.24. The quantitative estimate of drug-likeness (QED) is 0.752. The van der Waals surface area contributed by atoms with Crippen molar-refractivity contribution >= 4 is 23.5 Å². The first-order valence-electron chi connectivity index (χ1n) is 6.69. The molecule has 1 aromatic carbocycles. The third-order valence-corrected chi connectivity index (χ3v) is 4.23. The van der Waals surface area contributed by atoms with Gasteiger partial charge in [0.2, 0.25) is 0 Å². The van der Waals surface area contributed by atoms with E-state index in [4.69, 9.17) is 0 Å². The van der Waals surface area contributed by atoms with Gasteiger partial charge in [-0.15, -0.1) is 11.8 Å². The Hall–Kier alpha value is -1.27. The fourth-order valence-corrected chi connectivity index (χ4v) is 2.82. The number of rotatable bonds is 3. The molecule has 1 aromatic rings. The average molecular weight is 298 g/mol. The number of hydrogen-bond donors (Lipinski definition) is 3. The summed E-state index contributed by atoms with van der Waals surface area (Å²) in [5.41, 5.74) is 0.406. The van der Waals surface area contributed by atoms with Crippen LogP contribution in [0.4, 0.5) is 14.9 Å². The topological polar surface area (TPSA) is 61.4 Å². The molecule has 4 nitrogen and oxygen atoms in total.